The van der Waals surface area contributed by atoms with Crippen LogP contribution < -0.4 is 5.32 Å². The summed E-state index contributed by atoms with van der Waals surface area (Å²) in [4.78, 5) is 5.15. The normalized spacial score (nSPS) is 28.7. The average molecular weight is 297 g/mol. The highest BCUT2D eigenvalue weighted by Crippen LogP contribution is 2.32. The fourth-order valence-corrected chi connectivity index (χ4v) is 3.49. The van der Waals surface area contributed by atoms with Crippen LogP contribution in [0.5, 0.6) is 0 Å². The van der Waals surface area contributed by atoms with Gasteiger partial charge in [-0.25, -0.2) is 0 Å². The molecule has 2 saturated heterocycles. The molecule has 2 aliphatic rings. The van der Waals surface area contributed by atoms with Crippen LogP contribution in [0.2, 0.25) is 0 Å². The van der Waals surface area contributed by atoms with Gasteiger partial charge in [-0.2, -0.15) is 0 Å². The summed E-state index contributed by atoms with van der Waals surface area (Å²) >= 11 is 0. The van der Waals surface area contributed by atoms with Gasteiger partial charge in [0.2, 0.25) is 0 Å². The van der Waals surface area contributed by atoms with Crippen LogP contribution in [0.25, 0.3) is 0 Å². The van der Waals surface area contributed by atoms with E-state index in [1.54, 1.807) is 0 Å². The first-order valence-electron chi connectivity index (χ1n) is 8.55. The highest BCUT2D eigenvalue weighted by molar-refractivity contribution is 4.91. The first-order valence-corrected chi connectivity index (χ1v) is 8.55. The predicted molar refractivity (Wildman–Crippen MR) is 88.8 cm³/mol. The smallest absolute Gasteiger partial charge is 0.0472 e. The first-order chi connectivity index (χ1) is 9.80. The second-order valence-corrected chi connectivity index (χ2v) is 8.30. The maximum absolute atomic E-state index is 5.64. The molecule has 0 bridgehead atoms. The van der Waals surface area contributed by atoms with E-state index in [2.05, 4.69) is 49.9 Å². The Hall–Kier alpha value is -0.160. The molecule has 0 radical (unpaired) electrons. The molecule has 21 heavy (non-hydrogen) atoms. The quantitative estimate of drug-likeness (QED) is 0.856. The third-order valence-corrected chi connectivity index (χ3v) is 5.05. The van der Waals surface area contributed by atoms with Crippen LogP contribution in [-0.2, 0) is 4.74 Å². The van der Waals surface area contributed by atoms with Gasteiger partial charge >= 0.3 is 0 Å². The van der Waals surface area contributed by atoms with E-state index in [0.29, 0.717) is 11.5 Å². The number of hydrogen-bond acceptors (Lipinski definition) is 4. The minimum Gasteiger partial charge on any atom is -0.381 e. The number of nitrogens with one attached hydrogen (secondary N) is 1. The molecule has 1 atom stereocenters. The first kappa shape index (κ1) is 17.2. The summed E-state index contributed by atoms with van der Waals surface area (Å²) in [5, 5.41) is 3.75. The number of ether oxygens (including phenoxy) is 1. The van der Waals surface area contributed by atoms with Gasteiger partial charge in [0.05, 0.1) is 0 Å². The fraction of sp³-hybridized carbons (Fsp3) is 1.00. The zero-order valence-corrected chi connectivity index (χ0v) is 14.7. The van der Waals surface area contributed by atoms with Crippen LogP contribution in [0.1, 0.15) is 40.5 Å². The third-order valence-electron chi connectivity index (χ3n) is 5.05. The Kier molecular flexibility index (Phi) is 5.69. The molecule has 4 nitrogen and oxygen atoms in total. The summed E-state index contributed by atoms with van der Waals surface area (Å²) in [5.41, 5.74) is 0.578. The number of nitrogens with zero attached hydrogens (tertiary/aromatic N) is 2. The summed E-state index contributed by atoms with van der Waals surface area (Å²) in [7, 11) is 2.24. The molecule has 0 aromatic heterocycles. The van der Waals surface area contributed by atoms with Crippen LogP contribution in [-0.4, -0.2) is 74.4 Å². The number of likely N-dealkylation sites (N-methyl/N-ethyl adjacent to an activating group) is 1. The molecular formula is C17H35N3O. The lowest BCUT2D eigenvalue weighted by Gasteiger charge is -2.47. The molecule has 124 valence electrons. The molecule has 2 fully saturated rings. The largest absolute Gasteiger partial charge is 0.381 e. The van der Waals surface area contributed by atoms with Crippen molar-refractivity contribution in [2.24, 2.45) is 5.41 Å². The standard InChI is InChI=1S/C17H35N3O/c1-15-12-19(5)8-9-20(15)14-17(6-10-21-11-7-17)13-18-16(2,3)4/h15,18H,6-14H2,1-5H3. The van der Waals surface area contributed by atoms with Crippen molar-refractivity contribution in [3.8, 4) is 0 Å². The second-order valence-electron chi connectivity index (χ2n) is 8.30. The van der Waals surface area contributed by atoms with Crippen LogP contribution in [0, 0.1) is 5.41 Å². The van der Waals surface area contributed by atoms with E-state index in [9.17, 15) is 0 Å². The zero-order valence-electron chi connectivity index (χ0n) is 14.7. The molecule has 2 rings (SSSR count). The fourth-order valence-electron chi connectivity index (χ4n) is 3.49. The van der Waals surface area contributed by atoms with Gasteiger partial charge in [-0.3, -0.25) is 4.90 Å². The van der Waals surface area contributed by atoms with Gasteiger partial charge in [0.1, 0.15) is 0 Å². The van der Waals surface area contributed by atoms with E-state index in [1.165, 1.54) is 39.0 Å². The topological polar surface area (TPSA) is 27.7 Å². The monoisotopic (exact) mass is 297 g/mol. The maximum atomic E-state index is 5.64. The van der Waals surface area contributed by atoms with E-state index in [1.807, 2.05) is 0 Å². The van der Waals surface area contributed by atoms with Gasteiger partial charge in [-0.1, -0.05) is 0 Å². The molecule has 0 aromatic rings. The van der Waals surface area contributed by atoms with Gasteiger partial charge < -0.3 is 15.0 Å². The van der Waals surface area contributed by atoms with E-state index in [4.69, 9.17) is 4.74 Å². The van der Waals surface area contributed by atoms with Crippen molar-refractivity contribution in [3.05, 3.63) is 0 Å². The molecule has 0 aromatic carbocycles. The molecule has 0 saturated carbocycles. The van der Waals surface area contributed by atoms with Crippen LogP contribution in [0.15, 0.2) is 0 Å². The Bertz CT molecular complexity index is 320. The highest BCUT2D eigenvalue weighted by Gasteiger charge is 2.37. The van der Waals surface area contributed by atoms with E-state index in [-0.39, 0.29) is 5.54 Å². The number of rotatable bonds is 4. The Balaban J connectivity index is 1.98. The lowest BCUT2D eigenvalue weighted by molar-refractivity contribution is -0.0242. The zero-order chi connectivity index (χ0) is 15.5. The van der Waals surface area contributed by atoms with Gasteiger partial charge in [0.25, 0.3) is 0 Å². The SMILES string of the molecule is CC1CN(C)CCN1CC1(CNC(C)(C)C)CCOCC1. The van der Waals surface area contributed by atoms with Crippen LogP contribution in [0.4, 0.5) is 0 Å². The van der Waals surface area contributed by atoms with E-state index >= 15 is 0 Å². The van der Waals surface area contributed by atoms with Gasteiger partial charge in [-0.15, -0.1) is 0 Å². The van der Waals surface area contributed by atoms with Crippen LogP contribution >= 0.6 is 0 Å². The van der Waals surface area contributed by atoms with Crippen molar-refractivity contribution in [2.75, 3.05) is 53.0 Å². The molecule has 0 amide bonds. The lowest BCUT2D eigenvalue weighted by atomic mass is 9.78. The molecule has 4 heteroatoms. The number of hydrogen-bond donors (Lipinski definition) is 1. The molecule has 0 aliphatic carbocycles. The Morgan fingerprint density at radius 2 is 1.86 bits per heavy atom. The van der Waals surface area contributed by atoms with Crippen molar-refractivity contribution in [2.45, 2.75) is 52.1 Å². The summed E-state index contributed by atoms with van der Waals surface area (Å²) in [6.45, 7) is 16.9. The summed E-state index contributed by atoms with van der Waals surface area (Å²) in [6, 6.07) is 0.665. The Morgan fingerprint density at radius 1 is 1.19 bits per heavy atom. The molecule has 0 spiro atoms. The van der Waals surface area contributed by atoms with Crippen molar-refractivity contribution in [3.63, 3.8) is 0 Å². The minimum absolute atomic E-state index is 0.193. The summed E-state index contributed by atoms with van der Waals surface area (Å²) < 4.78 is 5.64. The minimum atomic E-state index is 0.193. The summed E-state index contributed by atoms with van der Waals surface area (Å²) in [6.07, 6.45) is 2.38. The Labute approximate surface area is 131 Å². The van der Waals surface area contributed by atoms with Crippen molar-refractivity contribution < 1.29 is 4.74 Å². The molecular weight excluding hydrogens is 262 g/mol. The average Bonchev–Trinajstić information content (AvgIpc) is 2.41. The summed E-state index contributed by atoms with van der Waals surface area (Å²) in [5.74, 6) is 0. The molecule has 1 N–H and O–H groups in total. The number of piperazine rings is 1. The maximum Gasteiger partial charge on any atom is 0.0472 e. The van der Waals surface area contributed by atoms with Crippen molar-refractivity contribution in [1.82, 2.24) is 15.1 Å². The van der Waals surface area contributed by atoms with Gasteiger partial charge in [0, 0.05) is 57.5 Å². The second kappa shape index (κ2) is 6.95. The van der Waals surface area contributed by atoms with E-state index in [0.717, 1.165) is 19.8 Å². The van der Waals surface area contributed by atoms with Crippen LogP contribution in [0.3, 0.4) is 0 Å². The van der Waals surface area contributed by atoms with Gasteiger partial charge in [0.15, 0.2) is 0 Å². The van der Waals surface area contributed by atoms with Gasteiger partial charge in [-0.05, 0) is 53.0 Å². The molecule has 2 aliphatic heterocycles. The predicted octanol–water partition coefficient (Wildman–Crippen LogP) is 1.81. The Morgan fingerprint density at radius 3 is 2.43 bits per heavy atom. The molecule has 2 heterocycles. The highest BCUT2D eigenvalue weighted by atomic mass is 16.5. The lowest BCUT2D eigenvalue weighted by Crippen LogP contribution is -2.57. The third kappa shape index (κ3) is 5.20. The molecule has 1 unspecified atom stereocenters. The van der Waals surface area contributed by atoms with E-state index < -0.39 is 0 Å². The van der Waals surface area contributed by atoms with Crippen molar-refractivity contribution >= 4 is 0 Å². The van der Waals surface area contributed by atoms with Crippen molar-refractivity contribution in [1.29, 1.82) is 0 Å².